The van der Waals surface area contributed by atoms with Gasteiger partial charge in [0.15, 0.2) is 0 Å². The average molecular weight is 298 g/mol. The number of carboxylic acids is 1. The van der Waals surface area contributed by atoms with Crippen molar-refractivity contribution in [3.8, 4) is 0 Å². The molecule has 1 rings (SSSR count). The summed E-state index contributed by atoms with van der Waals surface area (Å²) in [4.78, 5) is 23.4. The third-order valence-corrected chi connectivity index (χ3v) is 4.49. The minimum atomic E-state index is -0.774. The first-order valence-electron chi connectivity index (χ1n) is 8.08. The van der Waals surface area contributed by atoms with Gasteiger partial charge in [-0.1, -0.05) is 33.1 Å². The molecule has 0 aromatic rings. The molecule has 0 saturated heterocycles. The van der Waals surface area contributed by atoms with Crippen LogP contribution < -0.4 is 11.1 Å². The van der Waals surface area contributed by atoms with Gasteiger partial charge in [0, 0.05) is 13.1 Å². The van der Waals surface area contributed by atoms with Crippen molar-refractivity contribution in [1.29, 1.82) is 0 Å². The van der Waals surface area contributed by atoms with Crippen LogP contribution in [0.2, 0.25) is 0 Å². The van der Waals surface area contributed by atoms with E-state index in [1.165, 1.54) is 0 Å². The maximum absolute atomic E-state index is 12.2. The van der Waals surface area contributed by atoms with Crippen LogP contribution in [0.1, 0.15) is 58.8 Å². The Morgan fingerprint density at radius 1 is 1.24 bits per heavy atom. The van der Waals surface area contributed by atoms with Gasteiger partial charge in [0.2, 0.25) is 5.91 Å². The molecule has 0 bridgehead atoms. The van der Waals surface area contributed by atoms with Crippen molar-refractivity contribution in [2.24, 2.45) is 23.0 Å². The highest BCUT2D eigenvalue weighted by atomic mass is 16.4. The molecule has 1 aliphatic carbocycles. The minimum absolute atomic E-state index is 0.0264. The first kappa shape index (κ1) is 18.0. The lowest BCUT2D eigenvalue weighted by atomic mass is 9.71. The second-order valence-corrected chi connectivity index (χ2v) is 6.91. The first-order chi connectivity index (χ1) is 9.88. The zero-order chi connectivity index (χ0) is 15.9. The summed E-state index contributed by atoms with van der Waals surface area (Å²) < 4.78 is 0. The molecule has 4 N–H and O–H groups in total. The van der Waals surface area contributed by atoms with Gasteiger partial charge in [-0.25, -0.2) is 0 Å². The summed E-state index contributed by atoms with van der Waals surface area (Å²) in [6.45, 7) is 4.95. The fraction of sp³-hybridized carbons (Fsp3) is 0.875. The summed E-state index contributed by atoms with van der Waals surface area (Å²) in [6, 6.07) is 0. The van der Waals surface area contributed by atoms with E-state index in [9.17, 15) is 9.59 Å². The fourth-order valence-electron chi connectivity index (χ4n) is 3.34. The molecule has 0 aromatic carbocycles. The van der Waals surface area contributed by atoms with Crippen molar-refractivity contribution in [2.45, 2.75) is 58.8 Å². The van der Waals surface area contributed by atoms with Crippen molar-refractivity contribution in [1.82, 2.24) is 5.32 Å². The van der Waals surface area contributed by atoms with Crippen LogP contribution in [0.25, 0.3) is 0 Å². The number of carbonyl (C=O) groups is 2. The third kappa shape index (κ3) is 6.04. The summed E-state index contributed by atoms with van der Waals surface area (Å²) in [6.07, 6.45) is 5.95. The quantitative estimate of drug-likeness (QED) is 0.640. The number of carbonyl (C=O) groups excluding carboxylic acids is 1. The van der Waals surface area contributed by atoms with Gasteiger partial charge in [-0.15, -0.1) is 0 Å². The first-order valence-corrected chi connectivity index (χ1v) is 8.08. The second-order valence-electron chi connectivity index (χ2n) is 6.91. The molecular weight excluding hydrogens is 268 g/mol. The Hall–Kier alpha value is -1.10. The summed E-state index contributed by atoms with van der Waals surface area (Å²) >= 11 is 0. The Kier molecular flexibility index (Phi) is 7.15. The van der Waals surface area contributed by atoms with Crippen LogP contribution in [-0.2, 0) is 9.59 Å². The topological polar surface area (TPSA) is 92.4 Å². The van der Waals surface area contributed by atoms with E-state index in [2.05, 4.69) is 19.2 Å². The van der Waals surface area contributed by atoms with Crippen LogP contribution >= 0.6 is 0 Å². The van der Waals surface area contributed by atoms with Gasteiger partial charge in [-0.2, -0.15) is 0 Å². The maximum Gasteiger partial charge on any atom is 0.303 e. The van der Waals surface area contributed by atoms with E-state index in [0.717, 1.165) is 38.5 Å². The average Bonchev–Trinajstić information content (AvgIpc) is 2.42. The summed E-state index contributed by atoms with van der Waals surface area (Å²) in [5, 5.41) is 12.1. The lowest BCUT2D eigenvalue weighted by Crippen LogP contribution is -2.44. The number of carboxylic acid groups (broad SMARTS) is 1. The van der Waals surface area contributed by atoms with Crippen LogP contribution in [-0.4, -0.2) is 30.1 Å². The Labute approximate surface area is 127 Å². The SMILES string of the molecule is CC(C)CC(CN)C(=O)NCC1(CC(=O)O)CCCCC1. The molecule has 0 aliphatic heterocycles. The van der Waals surface area contributed by atoms with Crippen LogP contribution in [0.4, 0.5) is 0 Å². The lowest BCUT2D eigenvalue weighted by molar-refractivity contribution is -0.141. The summed E-state index contributed by atoms with van der Waals surface area (Å²) in [7, 11) is 0. The molecule has 1 saturated carbocycles. The second kappa shape index (κ2) is 8.37. The normalized spacial score (nSPS) is 19.2. The smallest absolute Gasteiger partial charge is 0.303 e. The number of amides is 1. The van der Waals surface area contributed by atoms with Gasteiger partial charge in [-0.05, 0) is 30.6 Å². The number of rotatable bonds is 8. The molecule has 1 atom stereocenters. The number of hydrogen-bond donors (Lipinski definition) is 3. The molecule has 21 heavy (non-hydrogen) atoms. The van der Waals surface area contributed by atoms with Crippen LogP contribution in [0, 0.1) is 17.3 Å². The zero-order valence-electron chi connectivity index (χ0n) is 13.4. The van der Waals surface area contributed by atoms with Crippen molar-refractivity contribution < 1.29 is 14.7 Å². The molecule has 0 aromatic heterocycles. The van der Waals surface area contributed by atoms with E-state index < -0.39 is 5.97 Å². The molecule has 0 spiro atoms. The predicted molar refractivity (Wildman–Crippen MR) is 82.8 cm³/mol. The largest absolute Gasteiger partial charge is 0.481 e. The van der Waals surface area contributed by atoms with E-state index in [0.29, 0.717) is 19.0 Å². The molecule has 1 fully saturated rings. The minimum Gasteiger partial charge on any atom is -0.481 e. The highest BCUT2D eigenvalue weighted by Gasteiger charge is 2.35. The number of nitrogens with two attached hydrogens (primary N) is 1. The fourth-order valence-corrected chi connectivity index (χ4v) is 3.34. The highest BCUT2D eigenvalue weighted by Crippen LogP contribution is 2.38. The lowest BCUT2D eigenvalue weighted by Gasteiger charge is -2.36. The molecule has 122 valence electrons. The van der Waals surface area contributed by atoms with Crippen molar-refractivity contribution in [3.05, 3.63) is 0 Å². The number of hydrogen-bond acceptors (Lipinski definition) is 3. The monoisotopic (exact) mass is 298 g/mol. The zero-order valence-corrected chi connectivity index (χ0v) is 13.4. The van der Waals surface area contributed by atoms with E-state index in [1.54, 1.807) is 0 Å². The third-order valence-electron chi connectivity index (χ3n) is 4.49. The van der Waals surface area contributed by atoms with Crippen LogP contribution in [0.15, 0.2) is 0 Å². The summed E-state index contributed by atoms with van der Waals surface area (Å²) in [5.41, 5.74) is 5.42. The van der Waals surface area contributed by atoms with E-state index in [4.69, 9.17) is 10.8 Å². The Balaban J connectivity index is 2.59. The van der Waals surface area contributed by atoms with Gasteiger partial charge in [0.05, 0.1) is 12.3 Å². The molecule has 1 amide bonds. The maximum atomic E-state index is 12.2. The Bertz CT molecular complexity index is 349. The molecule has 5 heteroatoms. The number of nitrogens with one attached hydrogen (secondary N) is 1. The van der Waals surface area contributed by atoms with Gasteiger partial charge in [-0.3, -0.25) is 9.59 Å². The van der Waals surface area contributed by atoms with E-state index >= 15 is 0 Å². The molecule has 1 unspecified atom stereocenters. The molecule has 0 radical (unpaired) electrons. The van der Waals surface area contributed by atoms with Crippen molar-refractivity contribution in [2.75, 3.05) is 13.1 Å². The van der Waals surface area contributed by atoms with Gasteiger partial charge >= 0.3 is 5.97 Å². The predicted octanol–water partition coefficient (Wildman–Crippen LogP) is 2.15. The van der Waals surface area contributed by atoms with Crippen molar-refractivity contribution in [3.63, 3.8) is 0 Å². The molecule has 5 nitrogen and oxygen atoms in total. The van der Waals surface area contributed by atoms with Crippen molar-refractivity contribution >= 4 is 11.9 Å². The Morgan fingerprint density at radius 2 is 1.86 bits per heavy atom. The Morgan fingerprint density at radius 3 is 2.33 bits per heavy atom. The van der Waals surface area contributed by atoms with Crippen LogP contribution in [0.5, 0.6) is 0 Å². The van der Waals surface area contributed by atoms with Gasteiger partial charge in [0.1, 0.15) is 0 Å². The summed E-state index contributed by atoms with van der Waals surface area (Å²) in [5.74, 6) is -0.548. The van der Waals surface area contributed by atoms with Gasteiger partial charge < -0.3 is 16.2 Å². The van der Waals surface area contributed by atoms with E-state index in [1.807, 2.05) is 0 Å². The highest BCUT2D eigenvalue weighted by molar-refractivity contribution is 5.79. The molecular formula is C16H30N2O3. The van der Waals surface area contributed by atoms with Crippen LogP contribution in [0.3, 0.4) is 0 Å². The van der Waals surface area contributed by atoms with E-state index in [-0.39, 0.29) is 23.7 Å². The molecule has 1 aliphatic rings. The number of aliphatic carboxylic acids is 1. The van der Waals surface area contributed by atoms with Gasteiger partial charge in [0.25, 0.3) is 0 Å². The standard InChI is InChI=1S/C16H30N2O3/c1-12(2)8-13(10-17)15(21)18-11-16(9-14(19)20)6-4-3-5-7-16/h12-13H,3-11,17H2,1-2H3,(H,18,21)(H,19,20). The molecule has 0 heterocycles.